The fourth-order valence-electron chi connectivity index (χ4n) is 11.2. The van der Waals surface area contributed by atoms with E-state index in [0.29, 0.717) is 129 Å². The summed E-state index contributed by atoms with van der Waals surface area (Å²) in [5.74, 6) is 6.63. The number of rotatable bonds is 27. The largest absolute Gasteiger partial charge is 0.497 e. The number of aldehydes is 1. The van der Waals surface area contributed by atoms with Crippen molar-refractivity contribution >= 4 is 12.0 Å². The molecule has 538 valence electrons. The SMILES string of the molecule is COc1ccc(CN(Cc2cnn(C)n2)c2cc(OC[C@H]3C[C@@H]3c3ccc(OC)cn3)nn(C)c2=O)cc1.COc1ccc([C@H]2C[C@@H]2COc2cc(CCc3cn(C)nn3)c(=O)n(C)n2)nc1.COc1ccc([C@H]2C[C@@H]2COc2cc(CCc3cnn(C)n3)c(=O)n(C)n2)nc1.O=CC(F)(F)F. The third kappa shape index (κ3) is 20.6. The average Bonchev–Trinajstić information content (AvgIpc) is 1.39. The van der Waals surface area contributed by atoms with Gasteiger partial charge in [0.1, 0.15) is 34.4 Å². The van der Waals surface area contributed by atoms with E-state index in [1.165, 1.54) is 23.6 Å². The Bertz CT molecular complexity index is 4420. The number of hydrogen-bond acceptors (Lipinski definition) is 24. The molecule has 1 aromatic carbocycles. The number of carbonyl (C=O) groups is 1. The Morgan fingerprint density at radius 2 is 0.892 bits per heavy atom. The van der Waals surface area contributed by atoms with E-state index in [1.807, 2.05) is 78.8 Å². The molecule has 9 heterocycles. The molecular weight excluding hydrogens is 1330 g/mol. The molecule has 0 saturated heterocycles. The first kappa shape index (κ1) is 73.3. The Kier molecular flexibility index (Phi) is 24.2. The molecule has 0 amide bonds. The Hall–Kier alpha value is -11.4. The van der Waals surface area contributed by atoms with Crippen molar-refractivity contribution in [2.24, 2.45) is 60.0 Å². The van der Waals surface area contributed by atoms with Gasteiger partial charge in [-0.2, -0.15) is 43.2 Å². The van der Waals surface area contributed by atoms with Gasteiger partial charge in [-0.3, -0.25) is 38.8 Å². The minimum atomic E-state index is -4.64. The normalized spacial score (nSPS) is 16.9. The molecule has 0 bridgehead atoms. The molecule has 102 heavy (non-hydrogen) atoms. The van der Waals surface area contributed by atoms with Crippen molar-refractivity contribution in [1.29, 1.82) is 0 Å². The van der Waals surface area contributed by atoms with E-state index in [2.05, 4.69) is 61.0 Å². The van der Waals surface area contributed by atoms with Gasteiger partial charge in [0.2, 0.25) is 23.9 Å². The number of methoxy groups -OCH3 is 4. The molecule has 0 N–H and O–H groups in total. The van der Waals surface area contributed by atoms with Crippen LogP contribution in [0.4, 0.5) is 18.9 Å². The van der Waals surface area contributed by atoms with Crippen LogP contribution in [0.15, 0.2) is 130 Å². The maximum Gasteiger partial charge on any atom is 0.446 e. The van der Waals surface area contributed by atoms with Gasteiger partial charge in [-0.25, -0.2) is 14.0 Å². The number of anilines is 1. The summed E-state index contributed by atoms with van der Waals surface area (Å²) < 4.78 is 75.6. The van der Waals surface area contributed by atoms with Crippen LogP contribution in [-0.4, -0.2) is 150 Å². The summed E-state index contributed by atoms with van der Waals surface area (Å²) >= 11 is 0. The van der Waals surface area contributed by atoms with Crippen molar-refractivity contribution in [2.45, 2.75) is 82.0 Å². The van der Waals surface area contributed by atoms with Gasteiger partial charge in [0, 0.05) is 137 Å². The minimum absolute atomic E-state index is 0.118. The molecule has 33 heteroatoms. The van der Waals surface area contributed by atoms with Gasteiger partial charge in [0.25, 0.3) is 16.7 Å². The van der Waals surface area contributed by atoms with E-state index in [4.69, 9.17) is 38.0 Å². The van der Waals surface area contributed by atoms with Crippen LogP contribution in [0, 0.1) is 17.8 Å². The van der Waals surface area contributed by atoms with E-state index < -0.39 is 12.5 Å². The maximum absolute atomic E-state index is 13.2. The standard InChI is InChI=1S/C27H31N7O4.2C20H24N6O3.C2HF3O/c1-32-27(35)25(12-26(31-32)38-17-19-11-23(19)24-10-9-22(37-4)14-28-24)34(16-20-13-29-33(2)30-20)15-18-5-7-21(36-3)8-6-18;1-25-11-15(22-24-25)5-4-13-9-19(23-26(2)20(13)27)29-12-14-8-17(14)18-7-6-16(28-3)10-21-18;1-25-20(27)13(4-5-15-10-22-26(2)23-15)9-19(24-25)29-12-14-8-17(14)18-7-6-16(28-3)11-21-18;3-2(4,5)1-6/h5-10,12-14,19,23H,11,15-17H2,1-4H3;2*6-7,9-11,14,17H,4-5,8,12H2,1-3H3;1H/t19-,23+;2*14-,17+;/m111./s1. The first-order valence-electron chi connectivity index (χ1n) is 32.6. The molecule has 0 radical (unpaired) electrons. The second kappa shape index (κ2) is 33.6. The summed E-state index contributed by atoms with van der Waals surface area (Å²) in [5, 5.41) is 37.7. The molecule has 3 aliphatic carbocycles. The summed E-state index contributed by atoms with van der Waals surface area (Å²) in [6.45, 7) is 2.46. The Labute approximate surface area is 583 Å². The minimum Gasteiger partial charge on any atom is -0.497 e. The van der Waals surface area contributed by atoms with E-state index >= 15 is 0 Å². The van der Waals surface area contributed by atoms with E-state index in [0.717, 1.165) is 82.0 Å². The Morgan fingerprint density at radius 3 is 1.26 bits per heavy atom. The molecule has 3 aliphatic rings. The number of carbonyl (C=O) groups excluding carboxylic acids is 1. The third-order valence-electron chi connectivity index (χ3n) is 17.1. The quantitative estimate of drug-likeness (QED) is 0.0531. The summed E-state index contributed by atoms with van der Waals surface area (Å²) in [6, 6.07) is 24.7. The molecule has 13 rings (SSSR count). The Balaban J connectivity index is 0.000000160. The van der Waals surface area contributed by atoms with Crippen molar-refractivity contribution in [3.63, 3.8) is 0 Å². The van der Waals surface area contributed by atoms with Crippen molar-refractivity contribution in [3.8, 4) is 40.6 Å². The lowest BCUT2D eigenvalue weighted by Crippen LogP contribution is -2.32. The third-order valence-corrected chi connectivity index (χ3v) is 17.1. The number of hydrogen-bond donors (Lipinski definition) is 0. The predicted octanol–water partition coefficient (Wildman–Crippen LogP) is 6.02. The van der Waals surface area contributed by atoms with Crippen molar-refractivity contribution < 1.29 is 51.1 Å². The molecule has 0 spiro atoms. The number of aryl methyl sites for hydroxylation is 10. The molecular formula is C69H80F3N19O11. The van der Waals surface area contributed by atoms with E-state index in [1.54, 1.807) is 118 Å². The summed E-state index contributed by atoms with van der Waals surface area (Å²) in [7, 11) is 16.8. The highest BCUT2D eigenvalue weighted by Gasteiger charge is 2.42. The van der Waals surface area contributed by atoms with Crippen LogP contribution < -0.4 is 54.7 Å². The molecule has 3 fully saturated rings. The molecule has 0 aliphatic heterocycles. The number of aromatic nitrogens is 18. The van der Waals surface area contributed by atoms with Crippen LogP contribution in [0.3, 0.4) is 0 Å². The summed E-state index contributed by atoms with van der Waals surface area (Å²) in [4.78, 5) is 65.1. The lowest BCUT2D eigenvalue weighted by molar-refractivity contribution is -0.156. The zero-order valence-electron chi connectivity index (χ0n) is 58.1. The number of alkyl halides is 3. The smallest absolute Gasteiger partial charge is 0.446 e. The van der Waals surface area contributed by atoms with Crippen molar-refractivity contribution in [3.05, 3.63) is 198 Å². The average molecular weight is 1410 g/mol. The predicted molar refractivity (Wildman–Crippen MR) is 363 cm³/mol. The van der Waals surface area contributed by atoms with Crippen LogP contribution in [0.5, 0.6) is 40.6 Å². The van der Waals surface area contributed by atoms with Gasteiger partial charge in [-0.15, -0.1) is 20.4 Å². The van der Waals surface area contributed by atoms with Crippen LogP contribution in [0.2, 0.25) is 0 Å². The fraction of sp³-hybridized carbons (Fsp3) is 0.420. The van der Waals surface area contributed by atoms with Crippen LogP contribution in [0.25, 0.3) is 0 Å². The number of pyridine rings is 3. The Morgan fingerprint density at radius 1 is 0.490 bits per heavy atom. The highest BCUT2D eigenvalue weighted by molar-refractivity contribution is 5.56. The number of benzene rings is 1. The summed E-state index contributed by atoms with van der Waals surface area (Å²) in [5.41, 5.74) is 7.94. The number of ether oxygens (including phenoxy) is 7. The zero-order chi connectivity index (χ0) is 72.6. The number of halogens is 3. The van der Waals surface area contributed by atoms with Gasteiger partial charge < -0.3 is 38.1 Å². The molecule has 10 aromatic rings. The molecule has 9 aromatic heterocycles. The first-order valence-corrected chi connectivity index (χ1v) is 32.6. The highest BCUT2D eigenvalue weighted by Crippen LogP contribution is 2.49. The van der Waals surface area contributed by atoms with Gasteiger partial charge in [-0.1, -0.05) is 17.3 Å². The topological polar surface area (TPSA) is 320 Å². The maximum atomic E-state index is 13.2. The molecule has 3 saturated carbocycles. The van der Waals surface area contributed by atoms with Crippen molar-refractivity contribution in [2.75, 3.05) is 53.2 Å². The van der Waals surface area contributed by atoms with Gasteiger partial charge in [0.05, 0.1) is 97.2 Å². The van der Waals surface area contributed by atoms with Gasteiger partial charge in [0.15, 0.2) is 0 Å². The van der Waals surface area contributed by atoms with E-state index in [9.17, 15) is 27.6 Å². The summed E-state index contributed by atoms with van der Waals surface area (Å²) in [6.07, 6.45) is 10.2. The van der Waals surface area contributed by atoms with Crippen molar-refractivity contribution in [1.82, 2.24) is 89.3 Å². The molecule has 30 nitrogen and oxygen atoms in total. The lowest BCUT2D eigenvalue weighted by Gasteiger charge is -2.24. The molecule has 6 atom stereocenters. The number of nitrogens with zero attached hydrogens (tertiary/aromatic N) is 19. The highest BCUT2D eigenvalue weighted by atomic mass is 19.4. The van der Waals surface area contributed by atoms with Crippen LogP contribution in [0.1, 0.15) is 87.9 Å². The first-order chi connectivity index (χ1) is 49.0. The van der Waals surface area contributed by atoms with Crippen LogP contribution >= 0.6 is 0 Å². The second-order valence-electron chi connectivity index (χ2n) is 24.7. The molecule has 0 unspecified atom stereocenters. The van der Waals surface area contributed by atoms with E-state index in [-0.39, 0.29) is 16.7 Å². The van der Waals surface area contributed by atoms with Gasteiger partial charge >= 0.3 is 6.18 Å². The van der Waals surface area contributed by atoms with Gasteiger partial charge in [-0.05, 0) is 99.0 Å². The second-order valence-corrected chi connectivity index (χ2v) is 24.7. The monoisotopic (exact) mass is 1410 g/mol. The zero-order valence-corrected chi connectivity index (χ0v) is 58.1. The van der Waals surface area contributed by atoms with Crippen LogP contribution in [-0.2, 0) is 85.9 Å². The fourth-order valence-corrected chi connectivity index (χ4v) is 11.2. The lowest BCUT2D eigenvalue weighted by atomic mass is 10.1.